The molecule has 1 amide bonds. The Balaban J connectivity index is 1.48. The first-order valence-corrected chi connectivity index (χ1v) is 7.84. The number of aromatic nitrogens is 1. The summed E-state index contributed by atoms with van der Waals surface area (Å²) in [5.74, 6) is 1.95. The summed E-state index contributed by atoms with van der Waals surface area (Å²) in [6.45, 7) is 0.620. The van der Waals surface area contributed by atoms with Crippen LogP contribution in [0.5, 0.6) is 17.2 Å². The van der Waals surface area contributed by atoms with Crippen LogP contribution in [0.2, 0.25) is 0 Å². The number of methoxy groups -OCH3 is 1. The van der Waals surface area contributed by atoms with E-state index in [0.29, 0.717) is 18.0 Å². The first-order chi connectivity index (χ1) is 12.2. The Kier molecular flexibility index (Phi) is 3.85. The smallest absolute Gasteiger partial charge is 0.270 e. The van der Waals surface area contributed by atoms with Crippen LogP contribution >= 0.6 is 0 Å². The number of amides is 1. The van der Waals surface area contributed by atoms with Gasteiger partial charge in [-0.3, -0.25) is 4.79 Å². The molecule has 0 atom stereocenters. The Morgan fingerprint density at radius 3 is 2.88 bits per heavy atom. The van der Waals surface area contributed by atoms with Gasteiger partial charge in [-0.15, -0.1) is 0 Å². The van der Waals surface area contributed by atoms with Crippen molar-refractivity contribution in [1.82, 2.24) is 10.3 Å². The van der Waals surface area contributed by atoms with Gasteiger partial charge >= 0.3 is 0 Å². The van der Waals surface area contributed by atoms with E-state index in [1.54, 1.807) is 13.2 Å². The maximum atomic E-state index is 12.4. The molecule has 2 heterocycles. The molecular weight excluding hydrogens is 320 g/mol. The van der Waals surface area contributed by atoms with Gasteiger partial charge in [0.1, 0.15) is 11.4 Å². The molecule has 1 aliphatic heterocycles. The Morgan fingerprint density at radius 2 is 2.00 bits per heavy atom. The molecule has 0 saturated carbocycles. The maximum Gasteiger partial charge on any atom is 0.270 e. The van der Waals surface area contributed by atoms with E-state index in [4.69, 9.17) is 14.2 Å². The summed E-state index contributed by atoms with van der Waals surface area (Å²) < 4.78 is 15.8. The minimum atomic E-state index is -0.226. The minimum absolute atomic E-state index is 0.226. The molecule has 6 nitrogen and oxygen atoms in total. The van der Waals surface area contributed by atoms with Crippen molar-refractivity contribution >= 4 is 16.8 Å². The number of carbonyl (C=O) groups excluding carboxylic acids is 1. The van der Waals surface area contributed by atoms with Gasteiger partial charge in [-0.25, -0.2) is 4.98 Å². The molecule has 0 aliphatic carbocycles. The number of hydrogen-bond donors (Lipinski definition) is 1. The highest BCUT2D eigenvalue weighted by atomic mass is 16.7. The molecule has 25 heavy (non-hydrogen) atoms. The second kappa shape index (κ2) is 6.32. The lowest BCUT2D eigenvalue weighted by Crippen LogP contribution is -2.23. The molecule has 0 unspecified atom stereocenters. The quantitative estimate of drug-likeness (QED) is 0.793. The first kappa shape index (κ1) is 15.3. The molecule has 1 aromatic heterocycles. The van der Waals surface area contributed by atoms with Crippen molar-refractivity contribution in [2.75, 3.05) is 13.9 Å². The highest BCUT2D eigenvalue weighted by Gasteiger charge is 2.14. The fourth-order valence-corrected chi connectivity index (χ4v) is 2.68. The molecule has 0 saturated heterocycles. The number of nitrogens with one attached hydrogen (secondary N) is 1. The zero-order chi connectivity index (χ0) is 17.2. The average molecular weight is 336 g/mol. The number of pyridine rings is 1. The largest absolute Gasteiger partial charge is 0.497 e. The molecule has 6 heteroatoms. The predicted molar refractivity (Wildman–Crippen MR) is 92.0 cm³/mol. The van der Waals surface area contributed by atoms with Gasteiger partial charge in [-0.2, -0.15) is 0 Å². The SMILES string of the molecule is COc1ccc2nc(C(=O)NCc3ccc4c(c3)OCO4)ccc2c1. The van der Waals surface area contributed by atoms with Gasteiger partial charge in [-0.05, 0) is 42.0 Å². The molecule has 0 radical (unpaired) electrons. The zero-order valence-electron chi connectivity index (χ0n) is 13.6. The van der Waals surface area contributed by atoms with E-state index in [-0.39, 0.29) is 12.7 Å². The standard InChI is InChI=1S/C19H16N2O4/c1-23-14-4-6-15-13(9-14)3-5-16(21-15)19(22)20-10-12-2-7-17-18(8-12)25-11-24-17/h2-9H,10-11H2,1H3,(H,20,22). The summed E-state index contributed by atoms with van der Waals surface area (Å²) in [7, 11) is 1.62. The third kappa shape index (κ3) is 3.06. The number of fused-ring (bicyclic) bond motifs is 2. The van der Waals surface area contributed by atoms with Gasteiger partial charge in [0.25, 0.3) is 5.91 Å². The van der Waals surface area contributed by atoms with Crippen molar-refractivity contribution in [2.24, 2.45) is 0 Å². The summed E-state index contributed by atoms with van der Waals surface area (Å²) in [5.41, 5.74) is 2.05. The van der Waals surface area contributed by atoms with E-state index in [9.17, 15) is 4.79 Å². The van der Waals surface area contributed by atoms with Gasteiger partial charge in [0, 0.05) is 11.9 Å². The molecule has 4 rings (SSSR count). The summed E-state index contributed by atoms with van der Waals surface area (Å²) >= 11 is 0. The van der Waals surface area contributed by atoms with Crippen LogP contribution < -0.4 is 19.5 Å². The normalized spacial score (nSPS) is 12.2. The monoisotopic (exact) mass is 336 g/mol. The summed E-state index contributed by atoms with van der Waals surface area (Å²) in [5, 5.41) is 3.79. The minimum Gasteiger partial charge on any atom is -0.497 e. The molecule has 1 N–H and O–H groups in total. The summed E-state index contributed by atoms with van der Waals surface area (Å²) in [6.07, 6.45) is 0. The molecular formula is C19H16N2O4. The van der Waals surface area contributed by atoms with Crippen LogP contribution in [0.1, 0.15) is 16.1 Å². The topological polar surface area (TPSA) is 69.7 Å². The molecule has 0 fully saturated rings. The third-order valence-corrected chi connectivity index (χ3v) is 4.02. The van der Waals surface area contributed by atoms with Crippen molar-refractivity contribution in [3.05, 3.63) is 59.8 Å². The molecule has 0 spiro atoms. The van der Waals surface area contributed by atoms with Crippen molar-refractivity contribution in [3.8, 4) is 17.2 Å². The van der Waals surface area contributed by atoms with Gasteiger partial charge < -0.3 is 19.5 Å². The van der Waals surface area contributed by atoms with Crippen LogP contribution in [0, 0.1) is 0 Å². The van der Waals surface area contributed by atoms with E-state index in [1.165, 1.54) is 0 Å². The summed E-state index contributed by atoms with van der Waals surface area (Å²) in [6, 6.07) is 14.7. The number of hydrogen-bond acceptors (Lipinski definition) is 5. The lowest BCUT2D eigenvalue weighted by atomic mass is 10.1. The fourth-order valence-electron chi connectivity index (χ4n) is 2.68. The number of carbonyl (C=O) groups is 1. The van der Waals surface area contributed by atoms with Crippen molar-refractivity contribution in [1.29, 1.82) is 0 Å². The van der Waals surface area contributed by atoms with Gasteiger partial charge in [-0.1, -0.05) is 12.1 Å². The highest BCUT2D eigenvalue weighted by molar-refractivity contribution is 5.95. The van der Waals surface area contributed by atoms with E-state index >= 15 is 0 Å². The average Bonchev–Trinajstić information content (AvgIpc) is 3.13. The van der Waals surface area contributed by atoms with E-state index in [2.05, 4.69) is 10.3 Å². The number of nitrogens with zero attached hydrogens (tertiary/aromatic N) is 1. The van der Waals surface area contributed by atoms with Crippen LogP contribution in [-0.2, 0) is 6.54 Å². The van der Waals surface area contributed by atoms with Crippen molar-refractivity contribution in [2.45, 2.75) is 6.54 Å². The fraction of sp³-hybridized carbons (Fsp3) is 0.158. The Morgan fingerprint density at radius 1 is 1.12 bits per heavy atom. The van der Waals surface area contributed by atoms with Crippen LogP contribution in [0.4, 0.5) is 0 Å². The van der Waals surface area contributed by atoms with Gasteiger partial charge in [0.2, 0.25) is 6.79 Å². The first-order valence-electron chi connectivity index (χ1n) is 7.84. The van der Waals surface area contributed by atoms with Crippen LogP contribution in [-0.4, -0.2) is 24.8 Å². The van der Waals surface area contributed by atoms with E-state index < -0.39 is 0 Å². The van der Waals surface area contributed by atoms with E-state index in [0.717, 1.165) is 28.0 Å². The van der Waals surface area contributed by atoms with Gasteiger partial charge in [0.15, 0.2) is 11.5 Å². The molecule has 1 aliphatic rings. The zero-order valence-corrected chi connectivity index (χ0v) is 13.6. The van der Waals surface area contributed by atoms with Crippen LogP contribution in [0.25, 0.3) is 10.9 Å². The maximum absolute atomic E-state index is 12.4. The van der Waals surface area contributed by atoms with Crippen molar-refractivity contribution in [3.63, 3.8) is 0 Å². The predicted octanol–water partition coefficient (Wildman–Crippen LogP) is 2.90. The highest BCUT2D eigenvalue weighted by Crippen LogP contribution is 2.32. The lowest BCUT2D eigenvalue weighted by Gasteiger charge is -2.07. The second-order valence-electron chi connectivity index (χ2n) is 5.63. The number of benzene rings is 2. The molecule has 2 aromatic carbocycles. The molecule has 126 valence electrons. The third-order valence-electron chi connectivity index (χ3n) is 4.02. The number of ether oxygens (including phenoxy) is 3. The number of rotatable bonds is 4. The van der Waals surface area contributed by atoms with Crippen LogP contribution in [0.15, 0.2) is 48.5 Å². The summed E-state index contributed by atoms with van der Waals surface area (Å²) in [4.78, 5) is 16.8. The van der Waals surface area contributed by atoms with E-state index in [1.807, 2.05) is 42.5 Å². The molecule has 3 aromatic rings. The second-order valence-corrected chi connectivity index (χ2v) is 5.63. The van der Waals surface area contributed by atoms with Crippen LogP contribution in [0.3, 0.4) is 0 Å². The Hall–Kier alpha value is -3.28. The molecule has 0 bridgehead atoms. The van der Waals surface area contributed by atoms with Gasteiger partial charge in [0.05, 0.1) is 12.6 Å². The Labute approximate surface area is 144 Å². The Bertz CT molecular complexity index is 955. The van der Waals surface area contributed by atoms with Crippen molar-refractivity contribution < 1.29 is 19.0 Å². The lowest BCUT2D eigenvalue weighted by molar-refractivity contribution is 0.0946.